The van der Waals surface area contributed by atoms with Gasteiger partial charge in [0.1, 0.15) is 5.82 Å². The highest BCUT2D eigenvalue weighted by Gasteiger charge is 2.18. The monoisotopic (exact) mass is 276 g/mol. The maximum absolute atomic E-state index is 13.0. The van der Waals surface area contributed by atoms with Crippen molar-refractivity contribution in [1.82, 2.24) is 5.43 Å². The molecule has 6 heteroatoms. The number of rotatable bonds is 5. The van der Waals surface area contributed by atoms with E-state index in [0.717, 1.165) is 11.3 Å². The second kappa shape index (κ2) is 6.83. The van der Waals surface area contributed by atoms with E-state index in [-0.39, 0.29) is 16.2 Å². The van der Waals surface area contributed by atoms with Gasteiger partial charge < -0.3 is 0 Å². The molecule has 1 amide bonds. The molecule has 1 aromatic carbocycles. The Morgan fingerprint density at radius 3 is 2.88 bits per heavy atom. The lowest BCUT2D eigenvalue weighted by Crippen LogP contribution is -2.37. The van der Waals surface area contributed by atoms with Crippen LogP contribution < -0.4 is 11.3 Å². The van der Waals surface area contributed by atoms with Crippen LogP contribution in [0.3, 0.4) is 0 Å². The molecule has 0 heterocycles. The van der Waals surface area contributed by atoms with E-state index in [2.05, 4.69) is 5.43 Å². The minimum absolute atomic E-state index is 0.0541. The fourth-order valence-electron chi connectivity index (χ4n) is 1.31. The molecule has 0 saturated carbocycles. The standard InChI is InChI=1S/C11H14ClFN2OS/c1-2-3-10(11(16)15-14)17-7-4-5-9(13)8(12)6-7/h4-6,10H,2-3,14H2,1H3,(H,15,16). The van der Waals surface area contributed by atoms with Crippen LogP contribution in [-0.2, 0) is 4.79 Å². The average molecular weight is 277 g/mol. The molecule has 0 aromatic heterocycles. The summed E-state index contributed by atoms with van der Waals surface area (Å²) in [6.07, 6.45) is 1.56. The van der Waals surface area contributed by atoms with E-state index in [9.17, 15) is 9.18 Å². The van der Waals surface area contributed by atoms with Crippen molar-refractivity contribution in [3.63, 3.8) is 0 Å². The molecule has 0 aliphatic heterocycles. The Morgan fingerprint density at radius 2 is 2.35 bits per heavy atom. The van der Waals surface area contributed by atoms with Crippen LogP contribution in [0.5, 0.6) is 0 Å². The Hall–Kier alpha value is -0.780. The minimum Gasteiger partial charge on any atom is -0.293 e. The molecule has 1 unspecified atom stereocenters. The summed E-state index contributed by atoms with van der Waals surface area (Å²) in [6.45, 7) is 1.98. The Kier molecular flexibility index (Phi) is 5.74. The van der Waals surface area contributed by atoms with Crippen LogP contribution in [0.15, 0.2) is 23.1 Å². The first-order valence-electron chi connectivity index (χ1n) is 5.20. The van der Waals surface area contributed by atoms with Crippen LogP contribution in [0.2, 0.25) is 5.02 Å². The van der Waals surface area contributed by atoms with E-state index in [1.165, 1.54) is 23.9 Å². The largest absolute Gasteiger partial charge is 0.293 e. The third kappa shape index (κ3) is 4.18. The molecule has 17 heavy (non-hydrogen) atoms. The maximum atomic E-state index is 13.0. The quantitative estimate of drug-likeness (QED) is 0.376. The van der Waals surface area contributed by atoms with Gasteiger partial charge in [-0.15, -0.1) is 11.8 Å². The van der Waals surface area contributed by atoms with Crippen LogP contribution in [0, 0.1) is 5.82 Å². The van der Waals surface area contributed by atoms with Crippen LogP contribution in [0.1, 0.15) is 19.8 Å². The van der Waals surface area contributed by atoms with Crippen molar-refractivity contribution in [3.05, 3.63) is 29.0 Å². The third-order valence-electron chi connectivity index (χ3n) is 2.15. The van der Waals surface area contributed by atoms with Gasteiger partial charge in [-0.3, -0.25) is 10.2 Å². The number of nitrogens with one attached hydrogen (secondary N) is 1. The Balaban J connectivity index is 2.78. The minimum atomic E-state index is -0.466. The van der Waals surface area contributed by atoms with Crippen LogP contribution >= 0.6 is 23.4 Å². The SMILES string of the molecule is CCCC(Sc1ccc(F)c(Cl)c1)C(=O)NN. The number of benzene rings is 1. The highest BCUT2D eigenvalue weighted by Crippen LogP contribution is 2.29. The van der Waals surface area contributed by atoms with Crippen molar-refractivity contribution in [2.45, 2.75) is 29.9 Å². The van der Waals surface area contributed by atoms with Gasteiger partial charge in [0.05, 0.1) is 10.3 Å². The second-order valence-electron chi connectivity index (χ2n) is 3.48. The molecular weight excluding hydrogens is 263 g/mol. The number of hydrazine groups is 1. The normalized spacial score (nSPS) is 12.2. The summed E-state index contributed by atoms with van der Waals surface area (Å²) in [5, 5.41) is -0.232. The molecule has 94 valence electrons. The fraction of sp³-hybridized carbons (Fsp3) is 0.364. The zero-order valence-electron chi connectivity index (χ0n) is 9.37. The number of hydrogen-bond donors (Lipinski definition) is 2. The van der Waals surface area contributed by atoms with E-state index < -0.39 is 5.82 Å². The third-order valence-corrected chi connectivity index (χ3v) is 3.71. The van der Waals surface area contributed by atoms with Gasteiger partial charge in [-0.1, -0.05) is 24.9 Å². The lowest BCUT2D eigenvalue weighted by atomic mass is 10.2. The number of amides is 1. The van der Waals surface area contributed by atoms with Crippen molar-refractivity contribution in [2.75, 3.05) is 0 Å². The summed E-state index contributed by atoms with van der Waals surface area (Å²) < 4.78 is 13.0. The molecule has 0 bridgehead atoms. The summed E-state index contributed by atoms with van der Waals surface area (Å²) in [4.78, 5) is 12.2. The zero-order chi connectivity index (χ0) is 12.8. The van der Waals surface area contributed by atoms with Crippen molar-refractivity contribution in [3.8, 4) is 0 Å². The summed E-state index contributed by atoms with van der Waals surface area (Å²) in [6, 6.07) is 4.39. The number of thioether (sulfide) groups is 1. The van der Waals surface area contributed by atoms with Gasteiger partial charge in [0.15, 0.2) is 0 Å². The van der Waals surface area contributed by atoms with Crippen molar-refractivity contribution < 1.29 is 9.18 Å². The van der Waals surface area contributed by atoms with Gasteiger partial charge in [-0.2, -0.15) is 0 Å². The molecule has 3 N–H and O–H groups in total. The van der Waals surface area contributed by atoms with Crippen molar-refractivity contribution in [2.24, 2.45) is 5.84 Å². The molecule has 3 nitrogen and oxygen atoms in total. The predicted octanol–water partition coefficient (Wildman–Crippen LogP) is 2.73. The molecule has 0 aliphatic rings. The van der Waals surface area contributed by atoms with E-state index in [4.69, 9.17) is 17.4 Å². The summed E-state index contributed by atoms with van der Waals surface area (Å²) in [5.74, 6) is 4.41. The number of carbonyl (C=O) groups is 1. The average Bonchev–Trinajstić information content (AvgIpc) is 2.32. The zero-order valence-corrected chi connectivity index (χ0v) is 10.9. The molecule has 1 rings (SSSR count). The summed E-state index contributed by atoms with van der Waals surface area (Å²) in [5.41, 5.74) is 2.13. The number of hydrogen-bond acceptors (Lipinski definition) is 3. The number of nitrogens with two attached hydrogens (primary N) is 1. The molecule has 1 atom stereocenters. The van der Waals surface area contributed by atoms with Crippen LogP contribution in [-0.4, -0.2) is 11.2 Å². The van der Waals surface area contributed by atoms with Crippen LogP contribution in [0.25, 0.3) is 0 Å². The topological polar surface area (TPSA) is 55.1 Å². The highest BCUT2D eigenvalue weighted by atomic mass is 35.5. The van der Waals surface area contributed by atoms with Gasteiger partial charge >= 0.3 is 0 Å². The first-order chi connectivity index (χ1) is 8.08. The Morgan fingerprint density at radius 1 is 1.65 bits per heavy atom. The number of halogens is 2. The molecule has 0 fully saturated rings. The molecule has 0 aliphatic carbocycles. The number of carbonyl (C=O) groups excluding carboxylic acids is 1. The lowest BCUT2D eigenvalue weighted by molar-refractivity contribution is -0.120. The van der Waals surface area contributed by atoms with Gasteiger partial charge in [-0.05, 0) is 24.6 Å². The van der Waals surface area contributed by atoms with E-state index >= 15 is 0 Å². The van der Waals surface area contributed by atoms with Crippen molar-refractivity contribution in [1.29, 1.82) is 0 Å². The Bertz CT molecular complexity index is 403. The molecule has 1 aromatic rings. The first kappa shape index (κ1) is 14.3. The maximum Gasteiger partial charge on any atom is 0.247 e. The fourth-order valence-corrected chi connectivity index (χ4v) is 2.75. The molecule has 0 radical (unpaired) electrons. The predicted molar refractivity (Wildman–Crippen MR) is 68.3 cm³/mol. The van der Waals surface area contributed by atoms with Gasteiger partial charge in [0.2, 0.25) is 5.91 Å². The second-order valence-corrected chi connectivity index (χ2v) is 5.16. The van der Waals surface area contributed by atoms with E-state index in [1.54, 1.807) is 6.07 Å². The van der Waals surface area contributed by atoms with Gasteiger partial charge in [0.25, 0.3) is 0 Å². The Labute approximate surface area is 109 Å². The first-order valence-corrected chi connectivity index (χ1v) is 6.46. The smallest absolute Gasteiger partial charge is 0.247 e. The molecule has 0 spiro atoms. The van der Waals surface area contributed by atoms with Gasteiger partial charge in [0, 0.05) is 4.90 Å². The molecular formula is C11H14ClFN2OS. The van der Waals surface area contributed by atoms with E-state index in [0.29, 0.717) is 6.42 Å². The summed E-state index contributed by atoms with van der Waals surface area (Å²) >= 11 is 7.00. The van der Waals surface area contributed by atoms with Gasteiger partial charge in [-0.25, -0.2) is 10.2 Å². The van der Waals surface area contributed by atoms with Crippen molar-refractivity contribution >= 4 is 29.3 Å². The lowest BCUT2D eigenvalue weighted by Gasteiger charge is -2.13. The summed E-state index contributed by atoms with van der Waals surface area (Å²) in [7, 11) is 0. The van der Waals surface area contributed by atoms with Crippen LogP contribution in [0.4, 0.5) is 4.39 Å². The highest BCUT2D eigenvalue weighted by molar-refractivity contribution is 8.00. The van der Waals surface area contributed by atoms with E-state index in [1.807, 2.05) is 6.92 Å². The molecule has 0 saturated heterocycles.